The zero-order chi connectivity index (χ0) is 14.9. The minimum Gasteiger partial charge on any atom is -0.396 e. The average Bonchev–Trinajstić information content (AvgIpc) is 2.82. The molecule has 0 bridgehead atoms. The third-order valence-corrected chi connectivity index (χ3v) is 3.20. The molecule has 2 rings (SSSR count). The fourth-order valence-electron chi connectivity index (χ4n) is 2.25. The summed E-state index contributed by atoms with van der Waals surface area (Å²) < 4.78 is 4.35. The summed E-state index contributed by atoms with van der Waals surface area (Å²) in [4.78, 5) is 28.7. The molecule has 110 valence electrons. The molecular formula is C13H20N4O3. The normalized spacial score (nSPS) is 11.7. The summed E-state index contributed by atoms with van der Waals surface area (Å²) in [6.07, 6.45) is 2.09. The average molecular weight is 280 g/mol. The van der Waals surface area contributed by atoms with E-state index in [2.05, 4.69) is 4.98 Å². The first-order chi connectivity index (χ1) is 9.47. The van der Waals surface area contributed by atoms with Crippen molar-refractivity contribution in [3.8, 4) is 0 Å². The van der Waals surface area contributed by atoms with Crippen molar-refractivity contribution in [1.82, 2.24) is 18.7 Å². The van der Waals surface area contributed by atoms with Crippen molar-refractivity contribution in [1.29, 1.82) is 0 Å². The lowest BCUT2D eigenvalue weighted by Crippen LogP contribution is -2.39. The van der Waals surface area contributed by atoms with Gasteiger partial charge in [0.25, 0.3) is 5.56 Å². The SMILES string of the molecule is CC(C)Cn1c(=O)n(C)c(=O)c2c1ncn2CCCO. The highest BCUT2D eigenvalue weighted by Crippen LogP contribution is 2.09. The Morgan fingerprint density at radius 2 is 2.05 bits per heavy atom. The maximum Gasteiger partial charge on any atom is 0.332 e. The number of hydrogen-bond acceptors (Lipinski definition) is 4. The lowest BCUT2D eigenvalue weighted by Gasteiger charge is -2.11. The molecule has 2 heterocycles. The van der Waals surface area contributed by atoms with Crippen molar-refractivity contribution in [2.24, 2.45) is 13.0 Å². The molecule has 0 fully saturated rings. The van der Waals surface area contributed by atoms with Gasteiger partial charge in [0.1, 0.15) is 0 Å². The summed E-state index contributed by atoms with van der Waals surface area (Å²) in [6.45, 7) is 5.08. The van der Waals surface area contributed by atoms with E-state index in [1.807, 2.05) is 13.8 Å². The van der Waals surface area contributed by atoms with Crippen LogP contribution in [0.1, 0.15) is 20.3 Å². The van der Waals surface area contributed by atoms with Gasteiger partial charge in [-0.05, 0) is 12.3 Å². The fraction of sp³-hybridized carbons (Fsp3) is 0.615. The van der Waals surface area contributed by atoms with Crippen LogP contribution >= 0.6 is 0 Å². The van der Waals surface area contributed by atoms with Crippen molar-refractivity contribution < 1.29 is 5.11 Å². The van der Waals surface area contributed by atoms with E-state index in [0.717, 1.165) is 4.57 Å². The van der Waals surface area contributed by atoms with Crippen LogP contribution in [0.5, 0.6) is 0 Å². The van der Waals surface area contributed by atoms with Gasteiger partial charge in [-0.1, -0.05) is 13.8 Å². The van der Waals surface area contributed by atoms with Crippen molar-refractivity contribution in [3.05, 3.63) is 27.2 Å². The van der Waals surface area contributed by atoms with Crippen LogP contribution in [0.3, 0.4) is 0 Å². The van der Waals surface area contributed by atoms with Gasteiger partial charge in [-0.3, -0.25) is 13.9 Å². The van der Waals surface area contributed by atoms with E-state index in [9.17, 15) is 9.59 Å². The molecule has 0 aliphatic rings. The molecule has 0 aliphatic carbocycles. The summed E-state index contributed by atoms with van der Waals surface area (Å²) in [5.41, 5.74) is 0.148. The van der Waals surface area contributed by atoms with Crippen molar-refractivity contribution in [2.75, 3.05) is 6.61 Å². The summed E-state index contributed by atoms with van der Waals surface area (Å²) in [5.74, 6) is 0.274. The second-order valence-electron chi connectivity index (χ2n) is 5.34. The Hall–Kier alpha value is -1.89. The molecule has 1 N–H and O–H groups in total. The van der Waals surface area contributed by atoms with Crippen molar-refractivity contribution >= 4 is 11.2 Å². The van der Waals surface area contributed by atoms with Crippen LogP contribution in [-0.4, -0.2) is 30.4 Å². The van der Waals surface area contributed by atoms with Gasteiger partial charge in [0.15, 0.2) is 11.2 Å². The Balaban J connectivity index is 2.71. The predicted octanol–water partition coefficient (Wildman–Crippen LogP) is -0.0649. The van der Waals surface area contributed by atoms with Gasteiger partial charge >= 0.3 is 5.69 Å². The van der Waals surface area contributed by atoms with Crippen LogP contribution < -0.4 is 11.2 Å². The standard InChI is InChI=1S/C13H20N4O3/c1-9(2)7-17-11-10(12(19)15(3)13(17)20)16(8-14-11)5-4-6-18/h8-9,18H,4-7H2,1-3H3. The lowest BCUT2D eigenvalue weighted by atomic mass is 10.2. The van der Waals surface area contributed by atoms with Crippen LogP contribution in [0.2, 0.25) is 0 Å². The number of fused-ring (bicyclic) bond motifs is 1. The molecule has 0 aromatic carbocycles. The van der Waals surface area contributed by atoms with Gasteiger partial charge in [0.05, 0.1) is 6.33 Å². The first kappa shape index (κ1) is 14.5. The van der Waals surface area contributed by atoms with Crippen molar-refractivity contribution in [2.45, 2.75) is 33.4 Å². The maximum atomic E-state index is 12.3. The molecule has 0 unspecified atom stereocenters. The molecule has 0 spiro atoms. The van der Waals surface area contributed by atoms with Crippen LogP contribution in [0.4, 0.5) is 0 Å². The minimum absolute atomic E-state index is 0.0472. The molecule has 0 aliphatic heterocycles. The molecule has 2 aromatic rings. The van der Waals surface area contributed by atoms with Crippen LogP contribution in [0, 0.1) is 5.92 Å². The van der Waals surface area contributed by atoms with Gasteiger partial charge in [-0.2, -0.15) is 0 Å². The van der Waals surface area contributed by atoms with Gasteiger partial charge < -0.3 is 9.67 Å². The Morgan fingerprint density at radius 1 is 1.35 bits per heavy atom. The predicted molar refractivity (Wildman–Crippen MR) is 75.8 cm³/mol. The van der Waals surface area contributed by atoms with E-state index in [0.29, 0.717) is 30.7 Å². The smallest absolute Gasteiger partial charge is 0.332 e. The molecule has 0 atom stereocenters. The van der Waals surface area contributed by atoms with Gasteiger partial charge in [-0.25, -0.2) is 9.78 Å². The number of aryl methyl sites for hydroxylation is 1. The zero-order valence-corrected chi connectivity index (χ0v) is 12.0. The number of nitrogens with zero attached hydrogens (tertiary/aromatic N) is 4. The highest BCUT2D eigenvalue weighted by Gasteiger charge is 2.16. The fourth-order valence-corrected chi connectivity index (χ4v) is 2.25. The molecule has 0 amide bonds. The summed E-state index contributed by atoms with van der Waals surface area (Å²) in [5, 5.41) is 8.91. The third-order valence-electron chi connectivity index (χ3n) is 3.20. The first-order valence-corrected chi connectivity index (χ1v) is 6.73. The molecule has 7 heteroatoms. The number of aromatic nitrogens is 4. The largest absolute Gasteiger partial charge is 0.396 e. The van der Waals surface area contributed by atoms with E-state index in [1.54, 1.807) is 10.9 Å². The molecule has 0 radical (unpaired) electrons. The Kier molecular flexibility index (Phi) is 4.08. The molecule has 7 nitrogen and oxygen atoms in total. The van der Waals surface area contributed by atoms with Crippen LogP contribution in [0.15, 0.2) is 15.9 Å². The van der Waals surface area contributed by atoms with E-state index in [-0.39, 0.29) is 23.8 Å². The topological polar surface area (TPSA) is 82.0 Å². The minimum atomic E-state index is -0.347. The first-order valence-electron chi connectivity index (χ1n) is 6.73. The monoisotopic (exact) mass is 280 g/mol. The Morgan fingerprint density at radius 3 is 2.65 bits per heavy atom. The lowest BCUT2D eigenvalue weighted by molar-refractivity contribution is 0.280. The number of aliphatic hydroxyl groups is 1. The number of rotatable bonds is 5. The van der Waals surface area contributed by atoms with Gasteiger partial charge in [-0.15, -0.1) is 0 Å². The molecule has 2 aromatic heterocycles. The van der Waals surface area contributed by atoms with E-state index < -0.39 is 0 Å². The Bertz CT molecular complexity index is 724. The molecule has 20 heavy (non-hydrogen) atoms. The highest BCUT2D eigenvalue weighted by atomic mass is 16.3. The molecule has 0 saturated heterocycles. The molecule has 0 saturated carbocycles. The van der Waals surface area contributed by atoms with Crippen LogP contribution in [0.25, 0.3) is 11.2 Å². The van der Waals surface area contributed by atoms with E-state index >= 15 is 0 Å². The maximum absolute atomic E-state index is 12.3. The number of aliphatic hydroxyl groups excluding tert-OH is 1. The van der Waals surface area contributed by atoms with Crippen molar-refractivity contribution in [3.63, 3.8) is 0 Å². The second-order valence-corrected chi connectivity index (χ2v) is 5.34. The Labute approximate surface area is 116 Å². The summed E-state index contributed by atoms with van der Waals surface area (Å²) in [6, 6.07) is 0. The molecular weight excluding hydrogens is 260 g/mol. The van der Waals surface area contributed by atoms with Gasteiger partial charge in [0.2, 0.25) is 0 Å². The third kappa shape index (κ3) is 2.40. The van der Waals surface area contributed by atoms with E-state index in [1.165, 1.54) is 11.6 Å². The quantitative estimate of drug-likeness (QED) is 0.831. The second kappa shape index (κ2) is 5.62. The summed E-state index contributed by atoms with van der Waals surface area (Å²) in [7, 11) is 1.48. The number of imidazole rings is 1. The number of hydrogen-bond donors (Lipinski definition) is 1. The summed E-state index contributed by atoms with van der Waals surface area (Å²) >= 11 is 0. The van der Waals surface area contributed by atoms with Gasteiger partial charge in [0, 0.05) is 26.7 Å². The van der Waals surface area contributed by atoms with Crippen LogP contribution in [-0.2, 0) is 20.1 Å². The van der Waals surface area contributed by atoms with E-state index in [4.69, 9.17) is 5.11 Å². The highest BCUT2D eigenvalue weighted by molar-refractivity contribution is 5.70. The zero-order valence-electron chi connectivity index (χ0n) is 12.0.